The second-order valence-corrected chi connectivity index (χ2v) is 6.90. The van der Waals surface area contributed by atoms with Gasteiger partial charge in [-0.2, -0.15) is 0 Å². The fraction of sp³-hybridized carbons (Fsp3) is 0.333. The van der Waals surface area contributed by atoms with Crippen LogP contribution >= 0.6 is 0 Å². The summed E-state index contributed by atoms with van der Waals surface area (Å²) in [6.45, 7) is 6.45. The molecule has 0 aromatic heterocycles. The minimum absolute atomic E-state index is 0.118. The molecule has 0 aliphatic heterocycles. The van der Waals surface area contributed by atoms with E-state index in [1.165, 1.54) is 12.1 Å². The highest BCUT2D eigenvalue weighted by atomic mass is 16.6. The Morgan fingerprint density at radius 3 is 2.16 bits per heavy atom. The molecule has 2 N–H and O–H groups in total. The van der Waals surface area contributed by atoms with Crippen molar-refractivity contribution in [3.63, 3.8) is 0 Å². The lowest BCUT2D eigenvalue weighted by atomic mass is 9.72. The van der Waals surface area contributed by atoms with Gasteiger partial charge >= 0.3 is 7.12 Å². The summed E-state index contributed by atoms with van der Waals surface area (Å²) in [6, 6.07) is 13.3. The van der Waals surface area contributed by atoms with Gasteiger partial charge in [-0.3, -0.25) is 10.1 Å². The zero-order valence-corrected chi connectivity index (χ0v) is 14.8. The molecule has 132 valence electrons. The van der Waals surface area contributed by atoms with E-state index in [2.05, 4.69) is 0 Å². The van der Waals surface area contributed by atoms with Crippen LogP contribution < -0.4 is 5.46 Å². The highest BCUT2D eigenvalue weighted by Gasteiger charge is 2.40. The van der Waals surface area contributed by atoms with Gasteiger partial charge in [0.2, 0.25) is 0 Å². The van der Waals surface area contributed by atoms with Gasteiger partial charge in [-0.25, -0.2) is 0 Å². The van der Waals surface area contributed by atoms with Crippen LogP contribution in [0.2, 0.25) is 0 Å². The van der Waals surface area contributed by atoms with Gasteiger partial charge in [-0.15, -0.1) is 0 Å². The Hall–Kier alpha value is -2.22. The highest BCUT2D eigenvalue weighted by molar-refractivity contribution is 6.62. The third-order valence-electron chi connectivity index (χ3n) is 4.48. The smallest absolute Gasteiger partial charge is 0.423 e. The monoisotopic (exact) mass is 343 g/mol. The van der Waals surface area contributed by atoms with Crippen LogP contribution in [-0.4, -0.2) is 33.4 Å². The summed E-state index contributed by atoms with van der Waals surface area (Å²) in [7, 11) is -1.43. The first kappa shape index (κ1) is 19.1. The predicted molar refractivity (Wildman–Crippen MR) is 97.6 cm³/mol. The Kier molecular flexibility index (Phi) is 5.32. The van der Waals surface area contributed by atoms with E-state index in [9.17, 15) is 20.2 Å². The summed E-state index contributed by atoms with van der Waals surface area (Å²) in [5.74, 6) is 0. The molecule has 25 heavy (non-hydrogen) atoms. The van der Waals surface area contributed by atoms with Gasteiger partial charge in [0.05, 0.1) is 21.7 Å². The molecule has 0 unspecified atom stereocenters. The third-order valence-corrected chi connectivity index (χ3v) is 4.48. The molecule has 0 bridgehead atoms. The van der Waals surface area contributed by atoms with Crippen LogP contribution in [0.5, 0.6) is 0 Å². The predicted octanol–water partition coefficient (Wildman–Crippen LogP) is 2.52. The Balaban J connectivity index is 2.55. The fourth-order valence-corrected chi connectivity index (χ4v) is 2.32. The molecule has 0 spiro atoms. The fourth-order valence-electron chi connectivity index (χ4n) is 2.32. The lowest BCUT2D eigenvalue weighted by molar-refractivity contribution is -0.384. The first-order valence-electron chi connectivity index (χ1n) is 7.95. The Bertz CT molecular complexity index is 756. The van der Waals surface area contributed by atoms with Crippen LogP contribution in [-0.2, 0) is 4.65 Å². The maximum Gasteiger partial charge on any atom is 0.492 e. The average molecular weight is 343 g/mol. The quantitative estimate of drug-likeness (QED) is 0.478. The number of aliphatic hydroxyl groups is 1. The first-order valence-corrected chi connectivity index (χ1v) is 7.95. The molecule has 0 atom stereocenters. The van der Waals surface area contributed by atoms with Gasteiger partial charge in [0.1, 0.15) is 0 Å². The first-order chi connectivity index (χ1) is 11.5. The van der Waals surface area contributed by atoms with Crippen molar-refractivity contribution in [1.82, 2.24) is 0 Å². The molecular weight excluding hydrogens is 321 g/mol. The van der Waals surface area contributed by atoms with E-state index in [1.807, 2.05) is 6.07 Å². The van der Waals surface area contributed by atoms with Crippen molar-refractivity contribution in [2.45, 2.75) is 38.9 Å². The van der Waals surface area contributed by atoms with E-state index in [4.69, 9.17) is 4.65 Å². The standard InChI is InChI=1S/C18H22BNO5/c1-17(2,21)18(3,4)25-19(22)14-11-8-12-15(20(23)24)16(14)13-9-6-5-7-10-13/h5-12,21-22H,1-4H3. The van der Waals surface area contributed by atoms with E-state index >= 15 is 0 Å². The van der Waals surface area contributed by atoms with Gasteiger partial charge in [-0.1, -0.05) is 42.5 Å². The Morgan fingerprint density at radius 1 is 1.04 bits per heavy atom. The molecule has 0 fully saturated rings. The lowest BCUT2D eigenvalue weighted by Crippen LogP contribution is -2.53. The van der Waals surface area contributed by atoms with E-state index in [-0.39, 0.29) is 11.2 Å². The second-order valence-electron chi connectivity index (χ2n) is 6.90. The van der Waals surface area contributed by atoms with Crippen LogP contribution in [0, 0.1) is 10.1 Å². The number of benzene rings is 2. The van der Waals surface area contributed by atoms with Crippen LogP contribution in [0.1, 0.15) is 27.7 Å². The van der Waals surface area contributed by atoms with Gasteiger partial charge in [0.25, 0.3) is 5.69 Å². The summed E-state index contributed by atoms with van der Waals surface area (Å²) >= 11 is 0. The Morgan fingerprint density at radius 2 is 1.64 bits per heavy atom. The van der Waals surface area contributed by atoms with Crippen molar-refractivity contribution in [3.05, 3.63) is 58.6 Å². The molecule has 0 aliphatic carbocycles. The molecule has 2 rings (SSSR count). The molecule has 0 aliphatic rings. The molecule has 0 amide bonds. The number of hydrogen-bond donors (Lipinski definition) is 2. The van der Waals surface area contributed by atoms with Crippen molar-refractivity contribution < 1.29 is 19.7 Å². The molecule has 0 radical (unpaired) electrons. The number of nitrogens with zero attached hydrogens (tertiary/aromatic N) is 1. The van der Waals surface area contributed by atoms with Gasteiger partial charge in [0.15, 0.2) is 0 Å². The molecule has 7 heteroatoms. The zero-order valence-electron chi connectivity index (χ0n) is 14.8. The van der Waals surface area contributed by atoms with E-state index < -0.39 is 23.2 Å². The molecule has 2 aromatic carbocycles. The van der Waals surface area contributed by atoms with Gasteiger partial charge < -0.3 is 14.8 Å². The summed E-state index contributed by atoms with van der Waals surface area (Å²) in [6.07, 6.45) is 0. The minimum Gasteiger partial charge on any atom is -0.423 e. The van der Waals surface area contributed by atoms with Crippen LogP contribution in [0.4, 0.5) is 5.69 Å². The molecular formula is C18H22BNO5. The maximum atomic E-state index is 11.5. The van der Waals surface area contributed by atoms with Crippen molar-refractivity contribution in [2.75, 3.05) is 0 Å². The summed E-state index contributed by atoms with van der Waals surface area (Å²) in [5.41, 5.74) is -1.24. The van der Waals surface area contributed by atoms with Gasteiger partial charge in [-0.05, 0) is 38.7 Å². The molecule has 0 saturated heterocycles. The maximum absolute atomic E-state index is 11.5. The normalized spacial score (nSPS) is 12.1. The van der Waals surface area contributed by atoms with Crippen molar-refractivity contribution in [2.24, 2.45) is 0 Å². The molecule has 0 heterocycles. The number of nitro benzene ring substituents is 1. The molecule has 0 saturated carbocycles. The van der Waals surface area contributed by atoms with Crippen molar-refractivity contribution in [3.8, 4) is 11.1 Å². The molecule has 6 nitrogen and oxygen atoms in total. The lowest BCUT2D eigenvalue weighted by Gasteiger charge is -2.38. The summed E-state index contributed by atoms with van der Waals surface area (Å²) in [5, 5.41) is 32.3. The third kappa shape index (κ3) is 4.07. The Labute approximate surface area is 147 Å². The van der Waals surface area contributed by atoms with E-state index in [0.29, 0.717) is 11.1 Å². The average Bonchev–Trinajstić information content (AvgIpc) is 2.53. The van der Waals surface area contributed by atoms with Crippen LogP contribution in [0.15, 0.2) is 48.5 Å². The number of rotatable bonds is 6. The van der Waals surface area contributed by atoms with Crippen LogP contribution in [0.25, 0.3) is 11.1 Å². The number of nitro groups is 1. The number of hydrogen-bond acceptors (Lipinski definition) is 5. The van der Waals surface area contributed by atoms with E-state index in [1.54, 1.807) is 58.0 Å². The highest BCUT2D eigenvalue weighted by Crippen LogP contribution is 2.30. The molecule has 2 aromatic rings. The minimum atomic E-state index is -1.43. The topological polar surface area (TPSA) is 92.8 Å². The zero-order chi connectivity index (χ0) is 18.8. The van der Waals surface area contributed by atoms with Crippen molar-refractivity contribution in [1.29, 1.82) is 0 Å². The van der Waals surface area contributed by atoms with E-state index in [0.717, 1.165) is 0 Å². The SMILES string of the molecule is CC(C)(O)C(C)(C)OB(O)c1cccc([N+](=O)[O-])c1-c1ccccc1. The summed E-state index contributed by atoms with van der Waals surface area (Å²) < 4.78 is 5.67. The van der Waals surface area contributed by atoms with Crippen LogP contribution in [0.3, 0.4) is 0 Å². The largest absolute Gasteiger partial charge is 0.492 e. The van der Waals surface area contributed by atoms with Gasteiger partial charge in [0, 0.05) is 6.07 Å². The van der Waals surface area contributed by atoms with Crippen molar-refractivity contribution >= 4 is 18.3 Å². The second kappa shape index (κ2) is 6.96. The summed E-state index contributed by atoms with van der Waals surface area (Å²) in [4.78, 5) is 11.0.